The van der Waals surface area contributed by atoms with Crippen molar-refractivity contribution < 1.29 is 39.3 Å². The molecule has 0 heterocycles. The van der Waals surface area contributed by atoms with Gasteiger partial charge in [0.25, 0.3) is 0 Å². The zero-order valence-corrected chi connectivity index (χ0v) is 16.3. The fourth-order valence-electron chi connectivity index (χ4n) is 5.46. The minimum absolute atomic E-state index is 0.0860. The average Bonchev–Trinajstić information content (AvgIpc) is 2.67. The van der Waals surface area contributed by atoms with Crippen molar-refractivity contribution in [3.8, 4) is 5.75 Å². The molecule has 0 spiro atoms. The summed E-state index contributed by atoms with van der Waals surface area (Å²) in [7, 11) is 0. The summed E-state index contributed by atoms with van der Waals surface area (Å²) in [5.41, 5.74) is 2.99. The Morgan fingerprint density at radius 1 is 1.17 bits per heavy atom. The molecule has 5 N–H and O–H groups in total. The number of phenols is 1. The number of aryl methyl sites for hydroxylation is 1. The van der Waals surface area contributed by atoms with Crippen molar-refractivity contribution in [1.82, 2.24) is 0 Å². The van der Waals surface area contributed by atoms with Crippen LogP contribution in [-0.4, -0.2) is 56.1 Å². The van der Waals surface area contributed by atoms with Gasteiger partial charge >= 0.3 is 0 Å². The normalized spacial score (nSPS) is 38.0. The summed E-state index contributed by atoms with van der Waals surface area (Å²) in [6.45, 7) is 3.24. The van der Waals surface area contributed by atoms with E-state index < -0.39 is 76.8 Å². The maximum absolute atomic E-state index is 13.4. The van der Waals surface area contributed by atoms with E-state index in [0.29, 0.717) is 11.1 Å². The molecule has 0 aliphatic heterocycles. The van der Waals surface area contributed by atoms with Gasteiger partial charge in [0.15, 0.2) is 34.7 Å². The number of amides is 1. The van der Waals surface area contributed by atoms with Crippen molar-refractivity contribution in [2.24, 2.45) is 29.4 Å². The number of carbonyl (C=O) groups is 5. The number of aliphatic hydroxyl groups is 2. The third-order valence-corrected chi connectivity index (χ3v) is 7.06. The first-order valence-electron chi connectivity index (χ1n) is 9.62. The molecule has 0 aromatic heterocycles. The number of aliphatic hydroxyl groups excluding tert-OH is 1. The van der Waals surface area contributed by atoms with Crippen LogP contribution in [0, 0.1) is 30.6 Å². The molecule has 158 valence electrons. The van der Waals surface area contributed by atoms with E-state index in [1.807, 2.05) is 0 Å². The van der Waals surface area contributed by atoms with Crippen LogP contribution in [0.4, 0.5) is 0 Å². The second-order valence-corrected chi connectivity index (χ2v) is 8.50. The number of hydrogen-bond donors (Lipinski definition) is 4. The van der Waals surface area contributed by atoms with Crippen LogP contribution in [0.25, 0.3) is 0 Å². The number of rotatable bonds is 1. The maximum Gasteiger partial charge on any atom is 0.235 e. The van der Waals surface area contributed by atoms with Crippen LogP contribution in [0.3, 0.4) is 0 Å². The highest BCUT2D eigenvalue weighted by molar-refractivity contribution is 6.31. The molecule has 0 bridgehead atoms. The molecule has 1 aromatic rings. The number of benzene rings is 1. The van der Waals surface area contributed by atoms with Crippen molar-refractivity contribution in [3.05, 3.63) is 28.8 Å². The summed E-state index contributed by atoms with van der Waals surface area (Å²) >= 11 is 0. The van der Waals surface area contributed by atoms with Gasteiger partial charge in [-0.1, -0.05) is 19.1 Å². The van der Waals surface area contributed by atoms with E-state index in [0.717, 1.165) is 0 Å². The number of nitrogens with two attached hydrogens (primary N) is 1. The van der Waals surface area contributed by atoms with Gasteiger partial charge in [-0.05, 0) is 24.0 Å². The highest BCUT2D eigenvalue weighted by Crippen LogP contribution is 2.54. The molecule has 0 radical (unpaired) electrons. The molecule has 2 fully saturated rings. The molecule has 3 aliphatic rings. The smallest absolute Gasteiger partial charge is 0.235 e. The van der Waals surface area contributed by atoms with Gasteiger partial charge in [-0.2, -0.15) is 0 Å². The fourth-order valence-corrected chi connectivity index (χ4v) is 5.46. The second kappa shape index (κ2) is 6.29. The molecule has 0 saturated heterocycles. The van der Waals surface area contributed by atoms with Gasteiger partial charge in [0.1, 0.15) is 5.75 Å². The van der Waals surface area contributed by atoms with Gasteiger partial charge in [-0.3, -0.25) is 24.0 Å². The topological polar surface area (TPSA) is 172 Å². The molecule has 7 atom stereocenters. The minimum atomic E-state index is -2.89. The van der Waals surface area contributed by atoms with Gasteiger partial charge in [-0.25, -0.2) is 0 Å². The molecule has 1 amide bonds. The average molecular weight is 415 g/mol. The van der Waals surface area contributed by atoms with Crippen molar-refractivity contribution in [2.45, 2.75) is 37.9 Å². The third-order valence-electron chi connectivity index (χ3n) is 7.06. The van der Waals surface area contributed by atoms with Gasteiger partial charge in [0.2, 0.25) is 5.91 Å². The summed E-state index contributed by atoms with van der Waals surface area (Å²) in [5.74, 6) is -12.6. The van der Waals surface area contributed by atoms with E-state index >= 15 is 0 Å². The summed E-state index contributed by atoms with van der Waals surface area (Å²) in [6.07, 6.45) is -2.14. The molecule has 9 heteroatoms. The number of carbonyl (C=O) groups excluding carboxylic acids is 5. The molecular weight excluding hydrogens is 394 g/mol. The molecule has 3 aliphatic carbocycles. The fraction of sp³-hybridized carbons (Fsp3) is 0.476. The zero-order valence-electron chi connectivity index (χ0n) is 16.3. The quantitative estimate of drug-likeness (QED) is 0.430. The lowest BCUT2D eigenvalue weighted by atomic mass is 9.50. The Morgan fingerprint density at radius 3 is 2.40 bits per heavy atom. The Labute approximate surface area is 170 Å². The Morgan fingerprint density at radius 2 is 1.80 bits per heavy atom. The number of hydrogen-bond acceptors (Lipinski definition) is 8. The first-order valence-corrected chi connectivity index (χ1v) is 9.62. The molecule has 2 unspecified atom stereocenters. The van der Waals surface area contributed by atoms with Gasteiger partial charge in [-0.15, -0.1) is 0 Å². The van der Waals surface area contributed by atoms with E-state index in [1.165, 1.54) is 0 Å². The van der Waals surface area contributed by atoms with Crippen LogP contribution in [0.15, 0.2) is 12.1 Å². The van der Waals surface area contributed by atoms with Gasteiger partial charge in [0, 0.05) is 18.3 Å². The number of phenolic OH excluding ortho intramolecular Hbond substituents is 1. The minimum Gasteiger partial charge on any atom is -0.507 e. The second-order valence-electron chi connectivity index (χ2n) is 8.50. The predicted molar refractivity (Wildman–Crippen MR) is 99.3 cm³/mol. The number of primary amides is 1. The standard InChI is InChI=1S/C21H21NO8/c1-6-3-4-8-7(2)11-14(17(26)12(8)15(6)24)19(28)21(30)9(16(11)25)5-10(23)13(18(21)27)20(22)29/h3-4,7,9,11,13-14,16,24-25,30H,5H2,1-2H3,(H2,22,29)/t7-,9+,11+,13?,14?,16+,21+/m0/s1. The van der Waals surface area contributed by atoms with Gasteiger partial charge in [0.05, 0.1) is 17.6 Å². The van der Waals surface area contributed by atoms with E-state index in [4.69, 9.17) is 5.73 Å². The number of aromatic hydroxyl groups is 1. The van der Waals surface area contributed by atoms with E-state index in [1.54, 1.807) is 26.0 Å². The summed E-state index contributed by atoms with van der Waals surface area (Å²) in [4.78, 5) is 63.4. The largest absolute Gasteiger partial charge is 0.507 e. The molecule has 2 saturated carbocycles. The van der Waals surface area contributed by atoms with Crippen LogP contribution in [0.2, 0.25) is 0 Å². The molecule has 4 rings (SSSR count). The monoisotopic (exact) mass is 415 g/mol. The lowest BCUT2D eigenvalue weighted by Gasteiger charge is -2.52. The first-order chi connectivity index (χ1) is 13.9. The molecule has 9 nitrogen and oxygen atoms in total. The van der Waals surface area contributed by atoms with E-state index in [2.05, 4.69) is 0 Å². The SMILES string of the molecule is Cc1ccc2c(c1O)C(=O)C1C(=O)[C@]3(O)C(=O)C(C(N)=O)C(=O)C[C@@H]3[C@@H](O)[C@@H]1[C@H]2C. The Hall–Kier alpha value is -2.91. The lowest BCUT2D eigenvalue weighted by Crippen LogP contribution is -2.72. The van der Waals surface area contributed by atoms with Crippen molar-refractivity contribution in [2.75, 3.05) is 0 Å². The van der Waals surface area contributed by atoms with Crippen LogP contribution in [0.1, 0.15) is 40.7 Å². The Bertz CT molecular complexity index is 1050. The van der Waals surface area contributed by atoms with E-state index in [-0.39, 0.29) is 11.3 Å². The number of fused-ring (bicyclic) bond motifs is 3. The van der Waals surface area contributed by atoms with Crippen LogP contribution in [0.5, 0.6) is 5.75 Å². The first kappa shape index (κ1) is 20.4. The predicted octanol–water partition coefficient (Wildman–Crippen LogP) is -0.833. The third kappa shape index (κ3) is 2.27. The lowest BCUT2D eigenvalue weighted by molar-refractivity contribution is -0.189. The van der Waals surface area contributed by atoms with Gasteiger partial charge < -0.3 is 21.1 Å². The van der Waals surface area contributed by atoms with Crippen molar-refractivity contribution in [1.29, 1.82) is 0 Å². The Balaban J connectivity index is 1.91. The Kier molecular flexibility index (Phi) is 4.27. The molecular formula is C21H21NO8. The summed E-state index contributed by atoms with van der Waals surface area (Å²) in [6, 6.07) is 3.23. The zero-order chi connectivity index (χ0) is 22.3. The van der Waals surface area contributed by atoms with Crippen LogP contribution in [-0.2, 0) is 19.2 Å². The number of Topliss-reactive ketones (excluding diaryl/α,β-unsaturated/α-hetero) is 4. The highest BCUT2D eigenvalue weighted by atomic mass is 16.3. The van der Waals surface area contributed by atoms with Crippen LogP contribution >= 0.6 is 0 Å². The molecule has 1 aromatic carbocycles. The maximum atomic E-state index is 13.4. The number of ketones is 4. The summed E-state index contributed by atoms with van der Waals surface area (Å²) in [5, 5.41) is 32.6. The molecule has 30 heavy (non-hydrogen) atoms. The van der Waals surface area contributed by atoms with Crippen LogP contribution < -0.4 is 5.73 Å². The van der Waals surface area contributed by atoms with E-state index in [9.17, 15) is 39.3 Å². The van der Waals surface area contributed by atoms with Crippen molar-refractivity contribution in [3.63, 3.8) is 0 Å². The highest BCUT2D eigenvalue weighted by Gasteiger charge is 2.69. The summed E-state index contributed by atoms with van der Waals surface area (Å²) < 4.78 is 0. The van der Waals surface area contributed by atoms with Crippen molar-refractivity contribution >= 4 is 29.0 Å².